The van der Waals surface area contributed by atoms with Gasteiger partial charge in [0.25, 0.3) is 0 Å². The molecule has 0 fully saturated rings. The van der Waals surface area contributed by atoms with Crippen LogP contribution in [0, 0.1) is 11.6 Å². The van der Waals surface area contributed by atoms with Gasteiger partial charge in [-0.1, -0.05) is 12.1 Å². The van der Waals surface area contributed by atoms with E-state index in [1.807, 2.05) is 0 Å². The molecule has 2 rings (SSSR count). The van der Waals surface area contributed by atoms with Crippen molar-refractivity contribution in [2.24, 2.45) is 0 Å². The zero-order valence-electron chi connectivity index (χ0n) is 11.3. The highest BCUT2D eigenvalue weighted by molar-refractivity contribution is 5.94. The summed E-state index contributed by atoms with van der Waals surface area (Å²) in [5.41, 5.74) is 0.302. The Hall–Kier alpha value is -2.27. The summed E-state index contributed by atoms with van der Waals surface area (Å²) in [5, 5.41) is 9.87. The predicted octanol–water partition coefficient (Wildman–Crippen LogP) is 3.28. The van der Waals surface area contributed by atoms with Crippen LogP contribution >= 0.6 is 0 Å². The van der Waals surface area contributed by atoms with E-state index < -0.39 is 17.7 Å². The van der Waals surface area contributed by atoms with Gasteiger partial charge < -0.3 is 9.84 Å². The van der Waals surface area contributed by atoms with Gasteiger partial charge in [-0.25, -0.2) is 8.78 Å². The van der Waals surface area contributed by atoms with Gasteiger partial charge in [0.15, 0.2) is 5.78 Å². The molecule has 0 radical (unpaired) electrons. The summed E-state index contributed by atoms with van der Waals surface area (Å²) in [5.74, 6) is -1.08. The van der Waals surface area contributed by atoms with Crippen LogP contribution in [0.1, 0.15) is 28.9 Å². The lowest BCUT2D eigenvalue weighted by molar-refractivity contribution is 0.101. The van der Waals surface area contributed by atoms with Gasteiger partial charge in [0.2, 0.25) is 0 Å². The smallest absolute Gasteiger partial charge is 0.159 e. The van der Waals surface area contributed by atoms with Crippen LogP contribution in [-0.2, 0) is 0 Å². The van der Waals surface area contributed by atoms with Gasteiger partial charge >= 0.3 is 0 Å². The minimum absolute atomic E-state index is 0.114. The van der Waals surface area contributed by atoms with E-state index in [4.69, 9.17) is 4.74 Å². The van der Waals surface area contributed by atoms with Crippen molar-refractivity contribution < 1.29 is 23.4 Å². The van der Waals surface area contributed by atoms with Crippen LogP contribution in [0.5, 0.6) is 5.75 Å². The molecule has 0 aliphatic carbocycles. The summed E-state index contributed by atoms with van der Waals surface area (Å²) in [6.45, 7) is 1.18. The van der Waals surface area contributed by atoms with Crippen molar-refractivity contribution in [3.05, 3.63) is 65.2 Å². The number of hydrogen-bond acceptors (Lipinski definition) is 3. The molecule has 0 aromatic heterocycles. The normalized spacial score (nSPS) is 12.0. The molecular formula is C16H14F2O3. The summed E-state index contributed by atoms with van der Waals surface area (Å²) in [7, 11) is 0. The van der Waals surface area contributed by atoms with Crippen molar-refractivity contribution >= 4 is 5.78 Å². The fourth-order valence-electron chi connectivity index (χ4n) is 1.84. The average molecular weight is 292 g/mol. The number of Topliss-reactive ketones (excluding diaryl/α,β-unsaturated/α-hetero) is 1. The lowest BCUT2D eigenvalue weighted by Crippen LogP contribution is -2.12. The second-order valence-corrected chi connectivity index (χ2v) is 4.58. The van der Waals surface area contributed by atoms with Crippen molar-refractivity contribution in [2.75, 3.05) is 6.61 Å². The van der Waals surface area contributed by atoms with Crippen LogP contribution in [0.25, 0.3) is 0 Å². The Labute approximate surface area is 120 Å². The summed E-state index contributed by atoms with van der Waals surface area (Å²) >= 11 is 0. The zero-order valence-corrected chi connectivity index (χ0v) is 11.3. The SMILES string of the molecule is CC(=O)c1cccc(OCC(O)c2cc(F)ccc2F)c1. The van der Waals surface area contributed by atoms with E-state index in [-0.39, 0.29) is 18.0 Å². The maximum Gasteiger partial charge on any atom is 0.159 e. The fourth-order valence-corrected chi connectivity index (χ4v) is 1.84. The molecule has 0 aliphatic heterocycles. The van der Waals surface area contributed by atoms with Crippen molar-refractivity contribution in [1.82, 2.24) is 0 Å². The number of aliphatic hydroxyl groups excluding tert-OH is 1. The summed E-state index contributed by atoms with van der Waals surface area (Å²) in [4.78, 5) is 11.2. The summed E-state index contributed by atoms with van der Waals surface area (Å²) < 4.78 is 31.9. The van der Waals surface area contributed by atoms with E-state index in [0.29, 0.717) is 11.3 Å². The van der Waals surface area contributed by atoms with Gasteiger partial charge in [-0.2, -0.15) is 0 Å². The van der Waals surface area contributed by atoms with Crippen molar-refractivity contribution in [2.45, 2.75) is 13.0 Å². The van der Waals surface area contributed by atoms with Crippen molar-refractivity contribution in [3.8, 4) is 5.75 Å². The third-order valence-electron chi connectivity index (χ3n) is 2.97. The first-order chi connectivity index (χ1) is 9.97. The van der Waals surface area contributed by atoms with Gasteiger partial charge in [-0.05, 0) is 37.3 Å². The number of halogens is 2. The number of hydrogen-bond donors (Lipinski definition) is 1. The topological polar surface area (TPSA) is 46.5 Å². The first-order valence-electron chi connectivity index (χ1n) is 6.34. The van der Waals surface area contributed by atoms with E-state index in [2.05, 4.69) is 0 Å². The minimum atomic E-state index is -1.30. The standard InChI is InChI=1S/C16H14F2O3/c1-10(19)11-3-2-4-13(7-11)21-9-16(20)14-8-12(17)5-6-15(14)18/h2-8,16,20H,9H2,1H3. The highest BCUT2D eigenvalue weighted by Gasteiger charge is 2.15. The number of aliphatic hydroxyl groups is 1. The largest absolute Gasteiger partial charge is 0.491 e. The summed E-state index contributed by atoms with van der Waals surface area (Å²) in [6, 6.07) is 9.26. The Balaban J connectivity index is 2.07. The Morgan fingerprint density at radius 3 is 2.71 bits per heavy atom. The molecule has 0 saturated heterocycles. The second kappa shape index (κ2) is 6.45. The number of ether oxygens (including phenoxy) is 1. The molecule has 0 aliphatic rings. The molecule has 0 amide bonds. The second-order valence-electron chi connectivity index (χ2n) is 4.58. The van der Waals surface area contributed by atoms with Crippen LogP contribution in [0.4, 0.5) is 8.78 Å². The highest BCUT2D eigenvalue weighted by Crippen LogP contribution is 2.21. The molecule has 0 spiro atoms. The van der Waals surface area contributed by atoms with Crippen LogP contribution in [0.15, 0.2) is 42.5 Å². The quantitative estimate of drug-likeness (QED) is 0.860. The first-order valence-corrected chi connectivity index (χ1v) is 6.34. The number of benzene rings is 2. The van der Waals surface area contributed by atoms with Crippen molar-refractivity contribution in [1.29, 1.82) is 0 Å². The van der Waals surface area contributed by atoms with Crippen molar-refractivity contribution in [3.63, 3.8) is 0 Å². The van der Waals surface area contributed by atoms with Gasteiger partial charge in [0.05, 0.1) is 0 Å². The minimum Gasteiger partial charge on any atom is -0.491 e. The zero-order chi connectivity index (χ0) is 15.4. The molecule has 1 atom stereocenters. The fraction of sp³-hybridized carbons (Fsp3) is 0.188. The molecule has 1 N–H and O–H groups in total. The van der Waals surface area contributed by atoms with E-state index in [1.54, 1.807) is 18.2 Å². The van der Waals surface area contributed by atoms with Gasteiger partial charge in [-0.3, -0.25) is 4.79 Å². The van der Waals surface area contributed by atoms with E-state index >= 15 is 0 Å². The third-order valence-corrected chi connectivity index (χ3v) is 2.97. The molecule has 1 unspecified atom stereocenters. The van der Waals surface area contributed by atoms with Crippen LogP contribution in [0.3, 0.4) is 0 Å². The summed E-state index contributed by atoms with van der Waals surface area (Å²) in [6.07, 6.45) is -1.30. The Morgan fingerprint density at radius 2 is 2.00 bits per heavy atom. The maximum absolute atomic E-state index is 13.5. The average Bonchev–Trinajstić information content (AvgIpc) is 2.47. The lowest BCUT2D eigenvalue weighted by Gasteiger charge is -2.14. The molecule has 0 heterocycles. The molecule has 2 aromatic carbocycles. The van der Waals surface area contributed by atoms with Crippen LogP contribution < -0.4 is 4.74 Å². The molecule has 0 bridgehead atoms. The number of carbonyl (C=O) groups is 1. The van der Waals surface area contributed by atoms with Crippen LogP contribution in [-0.4, -0.2) is 17.5 Å². The van der Waals surface area contributed by atoms with Gasteiger partial charge in [-0.15, -0.1) is 0 Å². The third kappa shape index (κ3) is 3.86. The maximum atomic E-state index is 13.5. The highest BCUT2D eigenvalue weighted by atomic mass is 19.1. The molecule has 5 heteroatoms. The number of rotatable bonds is 5. The van der Waals surface area contributed by atoms with Gasteiger partial charge in [0.1, 0.15) is 30.1 Å². The molecule has 110 valence electrons. The molecular weight excluding hydrogens is 278 g/mol. The molecule has 3 nitrogen and oxygen atoms in total. The first kappa shape index (κ1) is 15.1. The lowest BCUT2D eigenvalue weighted by atomic mass is 10.1. The predicted molar refractivity (Wildman–Crippen MR) is 73.3 cm³/mol. The molecule has 21 heavy (non-hydrogen) atoms. The van der Waals surface area contributed by atoms with Gasteiger partial charge in [0, 0.05) is 11.1 Å². The van der Waals surface area contributed by atoms with E-state index in [1.165, 1.54) is 13.0 Å². The Bertz CT molecular complexity index is 656. The van der Waals surface area contributed by atoms with Crippen LogP contribution in [0.2, 0.25) is 0 Å². The monoisotopic (exact) mass is 292 g/mol. The van der Waals surface area contributed by atoms with E-state index in [9.17, 15) is 18.7 Å². The molecule has 2 aromatic rings. The van der Waals surface area contributed by atoms with E-state index in [0.717, 1.165) is 18.2 Å². The number of carbonyl (C=O) groups excluding carboxylic acids is 1. The molecule has 0 saturated carbocycles. The Morgan fingerprint density at radius 1 is 1.24 bits per heavy atom. The number of ketones is 1. The Kier molecular flexibility index (Phi) is 4.65.